The summed E-state index contributed by atoms with van der Waals surface area (Å²) in [4.78, 5) is 22.3. The van der Waals surface area contributed by atoms with Crippen molar-refractivity contribution in [3.63, 3.8) is 0 Å². The van der Waals surface area contributed by atoms with Crippen molar-refractivity contribution >= 4 is 55.5 Å². The van der Waals surface area contributed by atoms with Gasteiger partial charge in [-0.1, -0.05) is 0 Å². The van der Waals surface area contributed by atoms with Crippen LogP contribution in [0.4, 0.5) is 5.13 Å². The minimum absolute atomic E-state index is 0.163. The summed E-state index contributed by atoms with van der Waals surface area (Å²) in [5, 5.41) is 4.73. The molecule has 2 aromatic rings. The molecule has 2 fully saturated rings. The molecule has 0 radical (unpaired) electrons. The number of nitrogens with zero attached hydrogens (tertiary/aromatic N) is 4. The van der Waals surface area contributed by atoms with Crippen molar-refractivity contribution in [1.29, 1.82) is 0 Å². The van der Waals surface area contributed by atoms with Crippen molar-refractivity contribution in [3.8, 4) is 0 Å². The Kier molecular flexibility index (Phi) is 6.50. The van der Waals surface area contributed by atoms with E-state index in [4.69, 9.17) is 0 Å². The summed E-state index contributed by atoms with van der Waals surface area (Å²) >= 11 is 4.60. The van der Waals surface area contributed by atoms with Gasteiger partial charge in [-0.2, -0.15) is 16.1 Å². The maximum Gasteiger partial charge on any atom is 0.265 e. The Hall–Kier alpha value is -1.14. The van der Waals surface area contributed by atoms with Crippen LogP contribution in [0.15, 0.2) is 21.7 Å². The molecule has 4 rings (SSSR count). The molecule has 29 heavy (non-hydrogen) atoms. The van der Waals surface area contributed by atoms with Gasteiger partial charge in [-0.05, 0) is 24.8 Å². The molecule has 0 aromatic carbocycles. The Morgan fingerprint density at radius 1 is 1.07 bits per heavy atom. The maximum atomic E-state index is 13.2. The van der Waals surface area contributed by atoms with Gasteiger partial charge in [-0.25, -0.2) is 13.4 Å². The van der Waals surface area contributed by atoms with Gasteiger partial charge in [-0.15, -0.1) is 22.7 Å². The van der Waals surface area contributed by atoms with Crippen LogP contribution in [-0.4, -0.2) is 79.3 Å². The molecule has 11 heteroatoms. The third-order valence-corrected chi connectivity index (χ3v) is 10.0. The Morgan fingerprint density at radius 3 is 2.59 bits per heavy atom. The van der Waals surface area contributed by atoms with Crippen molar-refractivity contribution < 1.29 is 13.2 Å². The largest absolute Gasteiger partial charge is 0.346 e. The highest BCUT2D eigenvalue weighted by molar-refractivity contribution is 7.99. The topological polar surface area (TPSA) is 73.8 Å². The lowest BCUT2D eigenvalue weighted by Gasteiger charge is -2.26. The number of carbonyl (C=O) groups is 1. The predicted octanol–water partition coefficient (Wildman–Crippen LogP) is 2.60. The molecular formula is C18H24N4O3S4. The summed E-state index contributed by atoms with van der Waals surface area (Å²) in [5.74, 6) is 1.41. The zero-order valence-corrected chi connectivity index (χ0v) is 19.5. The van der Waals surface area contributed by atoms with E-state index in [2.05, 4.69) is 9.88 Å². The number of anilines is 1. The first kappa shape index (κ1) is 21.1. The number of thioether (sulfide) groups is 1. The average molecular weight is 473 g/mol. The van der Waals surface area contributed by atoms with E-state index in [0.29, 0.717) is 37.6 Å². The smallest absolute Gasteiger partial charge is 0.265 e. The van der Waals surface area contributed by atoms with Gasteiger partial charge in [0.2, 0.25) is 10.0 Å². The fraction of sp³-hybridized carbons (Fsp3) is 0.556. The lowest BCUT2D eigenvalue weighted by atomic mass is 10.3. The second-order valence-electron chi connectivity index (χ2n) is 7.03. The first-order valence-electron chi connectivity index (χ1n) is 9.58. The first-order chi connectivity index (χ1) is 14.0. The number of hydrogen-bond acceptors (Lipinski definition) is 8. The molecule has 158 valence electrons. The van der Waals surface area contributed by atoms with Gasteiger partial charge in [0, 0.05) is 56.2 Å². The van der Waals surface area contributed by atoms with E-state index in [-0.39, 0.29) is 10.8 Å². The first-order valence-corrected chi connectivity index (χ1v) is 13.9. The molecule has 4 heterocycles. The molecule has 2 aromatic heterocycles. The third kappa shape index (κ3) is 4.48. The number of sulfonamides is 1. The van der Waals surface area contributed by atoms with Crippen LogP contribution >= 0.6 is 34.4 Å². The quantitative estimate of drug-likeness (QED) is 0.681. The van der Waals surface area contributed by atoms with E-state index in [9.17, 15) is 13.2 Å². The molecule has 0 saturated carbocycles. The summed E-state index contributed by atoms with van der Waals surface area (Å²) in [6.07, 6.45) is 0.834. The number of hydrogen-bond donors (Lipinski definition) is 0. The van der Waals surface area contributed by atoms with Gasteiger partial charge in [-0.3, -0.25) is 4.79 Å². The molecular weight excluding hydrogens is 448 g/mol. The van der Waals surface area contributed by atoms with E-state index < -0.39 is 10.0 Å². The minimum Gasteiger partial charge on any atom is -0.346 e. The summed E-state index contributed by atoms with van der Waals surface area (Å²) in [5.41, 5.74) is 1.01. The molecule has 2 aliphatic rings. The van der Waals surface area contributed by atoms with Gasteiger partial charge in [0.1, 0.15) is 9.77 Å². The molecule has 0 spiro atoms. The average Bonchev–Trinajstić information content (AvgIpc) is 3.32. The number of carbonyl (C=O) groups excluding carboxylic acids is 1. The van der Waals surface area contributed by atoms with E-state index in [0.717, 1.165) is 35.3 Å². The SMILES string of the molecule is Cc1csc(N2CCCN(C(=O)c3sccc3S(=O)(=O)N3CCSCC3)CC2)n1. The molecule has 0 N–H and O–H groups in total. The normalized spacial score (nSPS) is 19.3. The molecule has 0 aliphatic carbocycles. The molecule has 0 bridgehead atoms. The van der Waals surface area contributed by atoms with Crippen molar-refractivity contribution in [2.75, 3.05) is 55.7 Å². The Labute approximate surface area is 183 Å². The molecule has 0 atom stereocenters. The van der Waals surface area contributed by atoms with E-state index in [1.807, 2.05) is 12.3 Å². The summed E-state index contributed by atoms with van der Waals surface area (Å²) < 4.78 is 27.7. The zero-order chi connectivity index (χ0) is 20.4. The lowest BCUT2D eigenvalue weighted by molar-refractivity contribution is 0.0768. The van der Waals surface area contributed by atoms with E-state index in [1.165, 1.54) is 15.6 Å². The monoisotopic (exact) mass is 472 g/mol. The highest BCUT2D eigenvalue weighted by atomic mass is 32.2. The van der Waals surface area contributed by atoms with Crippen LogP contribution in [0.5, 0.6) is 0 Å². The standard InChI is InChI=1S/C18H24N4O3S4/c1-14-13-28-18(19-14)21-5-2-4-20(6-7-21)17(23)16-15(3-10-27-16)29(24,25)22-8-11-26-12-9-22/h3,10,13H,2,4-9,11-12H2,1H3. The van der Waals surface area contributed by atoms with Crippen LogP contribution < -0.4 is 4.90 Å². The van der Waals surface area contributed by atoms with Crippen molar-refractivity contribution in [1.82, 2.24) is 14.2 Å². The number of aromatic nitrogens is 1. The van der Waals surface area contributed by atoms with E-state index >= 15 is 0 Å². The molecule has 2 saturated heterocycles. The lowest BCUT2D eigenvalue weighted by Crippen LogP contribution is -2.39. The maximum absolute atomic E-state index is 13.2. The molecule has 0 unspecified atom stereocenters. The molecule has 1 amide bonds. The Bertz CT molecular complexity index is 965. The minimum atomic E-state index is -3.63. The van der Waals surface area contributed by atoms with Crippen LogP contribution in [0.25, 0.3) is 0 Å². The second kappa shape index (κ2) is 8.93. The van der Waals surface area contributed by atoms with Crippen molar-refractivity contribution in [2.45, 2.75) is 18.2 Å². The van der Waals surface area contributed by atoms with Crippen LogP contribution in [0.2, 0.25) is 0 Å². The number of rotatable bonds is 4. The Balaban J connectivity index is 1.50. The fourth-order valence-corrected chi connectivity index (χ4v) is 8.32. The van der Waals surface area contributed by atoms with Crippen LogP contribution in [0.3, 0.4) is 0 Å². The third-order valence-electron chi connectivity index (χ3n) is 5.07. The van der Waals surface area contributed by atoms with Gasteiger partial charge >= 0.3 is 0 Å². The van der Waals surface area contributed by atoms with Gasteiger partial charge < -0.3 is 9.80 Å². The van der Waals surface area contributed by atoms with Gasteiger partial charge in [0.25, 0.3) is 5.91 Å². The molecule has 2 aliphatic heterocycles. The fourth-order valence-electron chi connectivity index (χ4n) is 3.52. The van der Waals surface area contributed by atoms with Crippen molar-refractivity contribution in [3.05, 3.63) is 27.4 Å². The van der Waals surface area contributed by atoms with E-state index in [1.54, 1.807) is 39.4 Å². The van der Waals surface area contributed by atoms with Crippen molar-refractivity contribution in [2.24, 2.45) is 0 Å². The number of thiazole rings is 1. The summed E-state index contributed by atoms with van der Waals surface area (Å²) in [6, 6.07) is 1.58. The summed E-state index contributed by atoms with van der Waals surface area (Å²) in [6.45, 7) is 5.72. The number of thiophene rings is 1. The second-order valence-corrected chi connectivity index (χ2v) is 11.9. The van der Waals surface area contributed by atoms with Crippen LogP contribution in [0, 0.1) is 6.92 Å². The zero-order valence-electron chi connectivity index (χ0n) is 16.2. The number of aryl methyl sites for hydroxylation is 1. The highest BCUT2D eigenvalue weighted by Gasteiger charge is 2.33. The summed E-state index contributed by atoms with van der Waals surface area (Å²) in [7, 11) is -3.63. The predicted molar refractivity (Wildman–Crippen MR) is 120 cm³/mol. The van der Waals surface area contributed by atoms with Gasteiger partial charge in [0.05, 0.1) is 5.69 Å². The Morgan fingerprint density at radius 2 is 1.86 bits per heavy atom. The van der Waals surface area contributed by atoms with Crippen LogP contribution in [-0.2, 0) is 10.0 Å². The molecule has 7 nitrogen and oxygen atoms in total. The number of amides is 1. The van der Waals surface area contributed by atoms with Gasteiger partial charge in [0.15, 0.2) is 5.13 Å². The van der Waals surface area contributed by atoms with Crippen LogP contribution in [0.1, 0.15) is 21.8 Å². The highest BCUT2D eigenvalue weighted by Crippen LogP contribution is 2.29.